The number of hydrogen-bond donors (Lipinski definition) is 16. The molecule has 3 aliphatic heterocycles. The SMILES string of the molecule is C/C=C1\NC(=O)C(NC(=O)c2cn3c4c(c(N5CCN(C)CC5)c(F)cc4c2=O)OC[C@@H]3C)C(O)CNC(=O)C(C(O)CN)NC(=O)C(C(O)CN)NC(=O)[C@H](CCCN=C(N)N)NC(=O)[C@H](CC(C)C)NC(=O)[C@H](CCN)NC1=O. The van der Waals surface area contributed by atoms with Gasteiger partial charge in [-0.3, -0.25) is 48.1 Å². The molecule has 30 nitrogen and oxygen atoms in total. The fourth-order valence-electron chi connectivity index (χ4n) is 9.29. The number of β-amino-alcohol motifs (C(OH)–C–C–N with tert-alkyl or cyclic N) is 1. The van der Waals surface area contributed by atoms with Crippen molar-refractivity contribution in [2.75, 3.05) is 77.5 Å². The zero-order chi connectivity index (χ0) is 60.0. The first-order chi connectivity index (χ1) is 38.3. The third-order valence-electron chi connectivity index (χ3n) is 13.8. The van der Waals surface area contributed by atoms with Crippen molar-refractivity contribution in [3.8, 4) is 5.75 Å². The van der Waals surface area contributed by atoms with E-state index in [1.807, 2.05) is 7.05 Å². The number of nitrogens with one attached hydrogen (secondary N) is 8. The van der Waals surface area contributed by atoms with Gasteiger partial charge in [0.2, 0.25) is 40.9 Å². The van der Waals surface area contributed by atoms with E-state index >= 15 is 4.39 Å². The molecule has 2 fully saturated rings. The standard InChI is InChI=1S/C50H78FN17O13/c1-6-28-43(74)61-30(9-10-52)44(75)62-31(16-23(2)3)46(77)60-29(8-7-11-57-50(55)56)45(76)64-36(33(70)19-54)49(80)65-35(32(69)18-53)47(78)58-20-34(71)37(48(79)59-28)63-42(73)26-21-68-24(4)22-81-41-38(68)25(40(26)72)17-27(51)39(41)67-14-12-66(5)13-15-67/h6,17,21,23-24,29-37,69-71H,7-16,18-20,22,52-54H2,1-5H3,(H,58,78)(H,59,79)(H,60,77)(H,61,74)(H,62,75)(H,63,73)(H,64,76)(H,65,80)(H4,55,56,57)/b28-6-/t24-,29-,30-,31-,32?,33?,34?,35?,36?,37?/m0/s1. The van der Waals surface area contributed by atoms with Gasteiger partial charge in [0.05, 0.1) is 29.2 Å². The molecular weight excluding hydrogens is 1070 g/mol. The molecule has 448 valence electrons. The minimum absolute atomic E-state index is 0.00195. The number of aliphatic imine (C=N–C) groups is 1. The van der Waals surface area contributed by atoms with Gasteiger partial charge in [-0.1, -0.05) is 19.9 Å². The summed E-state index contributed by atoms with van der Waals surface area (Å²) in [5, 5.41) is 52.5. The van der Waals surface area contributed by atoms with Crippen molar-refractivity contribution in [3.63, 3.8) is 0 Å². The zero-order valence-electron chi connectivity index (χ0n) is 46.0. The first-order valence-corrected chi connectivity index (χ1v) is 26.6. The Morgan fingerprint density at radius 1 is 0.852 bits per heavy atom. The summed E-state index contributed by atoms with van der Waals surface area (Å²) in [5.74, 6) is -10.5. The van der Waals surface area contributed by atoms with Gasteiger partial charge in [0, 0.05) is 58.6 Å². The summed E-state index contributed by atoms with van der Waals surface area (Å²) in [5.41, 5.74) is 26.4. The van der Waals surface area contributed by atoms with Crippen LogP contribution in [0, 0.1) is 11.7 Å². The number of nitrogens with zero attached hydrogens (tertiary/aromatic N) is 4. The number of piperazine rings is 1. The van der Waals surface area contributed by atoms with Gasteiger partial charge in [0.25, 0.3) is 11.8 Å². The molecule has 5 rings (SSSR count). The predicted octanol–water partition coefficient (Wildman–Crippen LogP) is -7.03. The quantitative estimate of drug-likeness (QED) is 0.0341. The number of likely N-dealkylation sites (N-methyl/N-ethyl adjacent to an activating group) is 1. The van der Waals surface area contributed by atoms with Gasteiger partial charge in [0.1, 0.15) is 65.9 Å². The van der Waals surface area contributed by atoms with E-state index < -0.39 is 150 Å². The molecule has 6 unspecified atom stereocenters. The molecule has 0 spiro atoms. The van der Waals surface area contributed by atoms with Crippen molar-refractivity contribution in [2.45, 2.75) is 114 Å². The van der Waals surface area contributed by atoms with Crippen LogP contribution in [0.15, 0.2) is 33.8 Å². The van der Waals surface area contributed by atoms with E-state index in [1.54, 1.807) is 30.2 Å². The Balaban J connectivity index is 1.58. The minimum Gasteiger partial charge on any atom is -0.487 e. The van der Waals surface area contributed by atoms with Gasteiger partial charge in [0.15, 0.2) is 17.5 Å². The van der Waals surface area contributed by atoms with E-state index in [2.05, 4.69) is 52.4 Å². The molecule has 1 aromatic carbocycles. The fraction of sp³-hybridized carbons (Fsp3) is 0.600. The lowest BCUT2D eigenvalue weighted by atomic mass is 10.0. The Hall–Kier alpha value is -7.55. The number of ether oxygens (including phenoxy) is 1. The monoisotopic (exact) mass is 1140 g/mol. The highest BCUT2D eigenvalue weighted by molar-refractivity contribution is 6.05. The molecule has 8 amide bonds. The lowest BCUT2D eigenvalue weighted by molar-refractivity contribution is -0.137. The highest BCUT2D eigenvalue weighted by Crippen LogP contribution is 2.42. The third kappa shape index (κ3) is 16.3. The smallest absolute Gasteiger partial charge is 0.268 e. The molecule has 31 heteroatoms. The second-order valence-corrected chi connectivity index (χ2v) is 20.5. The van der Waals surface area contributed by atoms with Crippen molar-refractivity contribution in [2.24, 2.45) is 39.6 Å². The number of rotatable bonds is 15. The number of halogens is 1. The average Bonchev–Trinajstić information content (AvgIpc) is 3.43. The molecule has 81 heavy (non-hydrogen) atoms. The maximum Gasteiger partial charge on any atom is 0.268 e. The number of guanidine groups is 1. The molecular formula is C50H78FN17O13. The predicted molar refractivity (Wildman–Crippen MR) is 293 cm³/mol. The summed E-state index contributed by atoms with van der Waals surface area (Å²) in [6.07, 6.45) is -4.06. The Kier molecular flexibility index (Phi) is 23.2. The number of aliphatic hydroxyl groups excluding tert-OH is 3. The Morgan fingerprint density at radius 3 is 2.05 bits per heavy atom. The molecule has 0 aliphatic carbocycles. The van der Waals surface area contributed by atoms with Crippen molar-refractivity contribution in [1.29, 1.82) is 0 Å². The van der Waals surface area contributed by atoms with E-state index in [0.717, 1.165) is 12.1 Å². The molecule has 4 heterocycles. The number of aromatic nitrogens is 1. The normalized spacial score (nSPS) is 25.5. The molecule has 2 aromatic rings. The van der Waals surface area contributed by atoms with Gasteiger partial charge in [-0.15, -0.1) is 0 Å². The average molecular weight is 1140 g/mol. The fourth-order valence-corrected chi connectivity index (χ4v) is 9.29. The number of aliphatic hydroxyl groups is 3. The second kappa shape index (κ2) is 29.2. The topological polar surface area (TPSA) is 474 Å². The maximum absolute atomic E-state index is 16.3. The first kappa shape index (κ1) is 64.3. The summed E-state index contributed by atoms with van der Waals surface area (Å²) < 4.78 is 23.9. The largest absolute Gasteiger partial charge is 0.487 e. The lowest BCUT2D eigenvalue weighted by Crippen LogP contribution is -2.64. The number of hydrogen-bond acceptors (Lipinski definition) is 19. The highest BCUT2D eigenvalue weighted by atomic mass is 19.1. The second-order valence-electron chi connectivity index (χ2n) is 20.5. The third-order valence-corrected chi connectivity index (χ3v) is 13.8. The number of carbonyl (C=O) groups is 8. The number of carbonyl (C=O) groups excluding carboxylic acids is 8. The van der Waals surface area contributed by atoms with Crippen LogP contribution in [-0.2, 0) is 33.6 Å². The number of anilines is 1. The van der Waals surface area contributed by atoms with E-state index in [-0.39, 0.29) is 79.6 Å². The van der Waals surface area contributed by atoms with Crippen LogP contribution in [0.2, 0.25) is 0 Å². The van der Waals surface area contributed by atoms with Gasteiger partial charge in [-0.05, 0) is 65.1 Å². The van der Waals surface area contributed by atoms with Crippen LogP contribution in [0.1, 0.15) is 69.8 Å². The molecule has 0 radical (unpaired) electrons. The van der Waals surface area contributed by atoms with Crippen molar-refractivity contribution in [3.05, 3.63) is 45.6 Å². The molecule has 1 aromatic heterocycles. The van der Waals surface area contributed by atoms with Crippen LogP contribution in [0.25, 0.3) is 10.9 Å². The lowest BCUT2D eigenvalue weighted by Gasteiger charge is -2.37. The van der Waals surface area contributed by atoms with E-state index in [0.29, 0.717) is 26.2 Å². The van der Waals surface area contributed by atoms with E-state index in [4.69, 9.17) is 33.4 Å². The van der Waals surface area contributed by atoms with E-state index in [9.17, 15) is 58.5 Å². The summed E-state index contributed by atoms with van der Waals surface area (Å²) in [7, 11) is 1.93. The van der Waals surface area contributed by atoms with Crippen LogP contribution in [0.3, 0.4) is 0 Å². The molecule has 10 atom stereocenters. The molecule has 0 bridgehead atoms. The molecule has 3 aliphatic rings. The number of allylic oxidation sites excluding steroid dienone is 1. The summed E-state index contributed by atoms with van der Waals surface area (Å²) >= 11 is 0. The molecule has 0 saturated carbocycles. The molecule has 2 saturated heterocycles. The van der Waals surface area contributed by atoms with Crippen molar-refractivity contribution < 1.29 is 62.8 Å². The Bertz CT molecular complexity index is 2770. The van der Waals surface area contributed by atoms with Crippen molar-refractivity contribution in [1.82, 2.24) is 52.0 Å². The Labute approximate surface area is 465 Å². The summed E-state index contributed by atoms with van der Waals surface area (Å²) in [4.78, 5) is 135. The molecule has 21 N–H and O–H groups in total. The van der Waals surface area contributed by atoms with Crippen LogP contribution < -0.4 is 86.3 Å². The van der Waals surface area contributed by atoms with Crippen LogP contribution >= 0.6 is 0 Å². The van der Waals surface area contributed by atoms with Gasteiger partial charge in [-0.25, -0.2) is 4.39 Å². The maximum atomic E-state index is 16.3. The summed E-state index contributed by atoms with van der Waals surface area (Å²) in [6, 6.07) is -10.1. The number of amides is 8. The van der Waals surface area contributed by atoms with Gasteiger partial charge < -0.3 is 106 Å². The number of nitrogens with two attached hydrogens (primary N) is 5. The van der Waals surface area contributed by atoms with Crippen LogP contribution in [-0.4, -0.2) is 205 Å². The van der Waals surface area contributed by atoms with Crippen molar-refractivity contribution >= 4 is 69.8 Å². The highest BCUT2D eigenvalue weighted by Gasteiger charge is 2.39. The van der Waals surface area contributed by atoms with Gasteiger partial charge in [-0.2, -0.15) is 0 Å². The Morgan fingerprint density at radius 2 is 1.44 bits per heavy atom. The van der Waals surface area contributed by atoms with E-state index in [1.165, 1.54) is 13.1 Å². The van der Waals surface area contributed by atoms with Crippen LogP contribution in [0.4, 0.5) is 10.1 Å². The number of pyridine rings is 1. The number of benzene rings is 1. The van der Waals surface area contributed by atoms with Gasteiger partial charge >= 0.3 is 0 Å². The van der Waals surface area contributed by atoms with Crippen LogP contribution in [0.5, 0.6) is 5.75 Å². The zero-order valence-corrected chi connectivity index (χ0v) is 46.0. The first-order valence-electron chi connectivity index (χ1n) is 26.6. The minimum atomic E-state index is -2.19. The summed E-state index contributed by atoms with van der Waals surface area (Å²) in [6.45, 7) is 6.10.